The molecule has 0 fully saturated rings. The Morgan fingerprint density at radius 3 is 2.79 bits per heavy atom. The normalized spacial score (nSPS) is 18.5. The van der Waals surface area contributed by atoms with Crippen molar-refractivity contribution in [3.8, 4) is 11.5 Å². The highest BCUT2D eigenvalue weighted by atomic mass is 19.4. The number of fused-ring (bicyclic) bond motifs is 1. The average molecular weight is 275 g/mol. The molecular weight excluding hydrogens is 259 g/mol. The number of aromatic hydroxyl groups is 1. The van der Waals surface area contributed by atoms with Crippen LogP contribution in [0.3, 0.4) is 0 Å². The number of ether oxygens (including phenoxy) is 1. The van der Waals surface area contributed by atoms with Gasteiger partial charge in [-0.05, 0) is 25.1 Å². The molecule has 2 rings (SSSR count). The van der Waals surface area contributed by atoms with Crippen molar-refractivity contribution in [2.24, 2.45) is 0 Å². The molecule has 0 aromatic heterocycles. The Morgan fingerprint density at radius 2 is 2.16 bits per heavy atom. The van der Waals surface area contributed by atoms with Gasteiger partial charge in [0.05, 0.1) is 12.6 Å². The van der Waals surface area contributed by atoms with Gasteiger partial charge in [-0.2, -0.15) is 13.2 Å². The molecule has 0 radical (unpaired) electrons. The van der Waals surface area contributed by atoms with Crippen LogP contribution in [0, 0.1) is 0 Å². The van der Waals surface area contributed by atoms with Gasteiger partial charge < -0.3 is 9.84 Å². The van der Waals surface area contributed by atoms with Crippen LogP contribution in [0.2, 0.25) is 0 Å². The number of nitrogens with zero attached hydrogens (tertiary/aromatic N) is 1. The lowest BCUT2D eigenvalue weighted by Gasteiger charge is -2.28. The van der Waals surface area contributed by atoms with Crippen LogP contribution in [0.4, 0.5) is 13.2 Å². The summed E-state index contributed by atoms with van der Waals surface area (Å²) in [5.41, 5.74) is 0.704. The largest absolute Gasteiger partial charge is 0.508 e. The Hall–Kier alpha value is -1.43. The highest BCUT2D eigenvalue weighted by Gasteiger charge is 2.37. The molecule has 0 bridgehead atoms. The third-order valence-corrected chi connectivity index (χ3v) is 3.09. The highest BCUT2D eigenvalue weighted by Crippen LogP contribution is 2.39. The van der Waals surface area contributed by atoms with E-state index < -0.39 is 18.8 Å². The van der Waals surface area contributed by atoms with Crippen molar-refractivity contribution in [2.45, 2.75) is 25.6 Å². The van der Waals surface area contributed by atoms with E-state index in [1.54, 1.807) is 6.07 Å². The molecule has 106 valence electrons. The summed E-state index contributed by atoms with van der Waals surface area (Å²) < 4.78 is 43.2. The minimum absolute atomic E-state index is 0.0530. The molecule has 1 aromatic carbocycles. The van der Waals surface area contributed by atoms with Crippen LogP contribution in [-0.4, -0.2) is 35.9 Å². The minimum Gasteiger partial charge on any atom is -0.508 e. The summed E-state index contributed by atoms with van der Waals surface area (Å²) in [5, 5.41) is 9.34. The molecule has 1 atom stereocenters. The van der Waals surface area contributed by atoms with Gasteiger partial charge in [0, 0.05) is 11.6 Å². The van der Waals surface area contributed by atoms with Crippen LogP contribution in [0.5, 0.6) is 11.5 Å². The fraction of sp³-hybridized carbons (Fsp3) is 0.538. The molecule has 1 unspecified atom stereocenters. The van der Waals surface area contributed by atoms with Crippen molar-refractivity contribution >= 4 is 0 Å². The lowest BCUT2D eigenvalue weighted by molar-refractivity contribution is -0.151. The lowest BCUT2D eigenvalue weighted by atomic mass is 10.1. The molecule has 3 nitrogen and oxygen atoms in total. The topological polar surface area (TPSA) is 32.7 Å². The second-order valence-electron chi connectivity index (χ2n) is 4.63. The quantitative estimate of drug-likeness (QED) is 0.916. The summed E-state index contributed by atoms with van der Waals surface area (Å²) in [4.78, 5) is 1.38. The molecule has 6 heteroatoms. The summed E-state index contributed by atoms with van der Waals surface area (Å²) in [5.74, 6) is 0.519. The number of phenolic OH excluding ortho intramolecular Hbond substituents is 1. The fourth-order valence-corrected chi connectivity index (χ4v) is 2.35. The maximum atomic E-state index is 12.6. The predicted molar refractivity (Wildman–Crippen MR) is 64.3 cm³/mol. The molecule has 0 aliphatic carbocycles. The van der Waals surface area contributed by atoms with E-state index in [9.17, 15) is 18.3 Å². The first-order valence-electron chi connectivity index (χ1n) is 6.17. The molecule has 19 heavy (non-hydrogen) atoms. The van der Waals surface area contributed by atoms with Crippen LogP contribution in [0.1, 0.15) is 24.9 Å². The van der Waals surface area contributed by atoms with Crippen LogP contribution in [-0.2, 0) is 0 Å². The molecule has 0 amide bonds. The number of hydrogen-bond donors (Lipinski definition) is 1. The first-order chi connectivity index (χ1) is 8.90. The number of alkyl halides is 3. The summed E-state index contributed by atoms with van der Waals surface area (Å²) in [6.07, 6.45) is -3.59. The van der Waals surface area contributed by atoms with Crippen LogP contribution < -0.4 is 4.74 Å². The number of phenols is 1. The number of benzene rings is 1. The molecular formula is C13H16F3NO2. The van der Waals surface area contributed by atoms with E-state index in [1.807, 2.05) is 6.92 Å². The zero-order valence-electron chi connectivity index (χ0n) is 10.6. The lowest BCUT2D eigenvalue weighted by Crippen LogP contribution is -2.38. The van der Waals surface area contributed by atoms with Crippen molar-refractivity contribution in [1.29, 1.82) is 0 Å². The second kappa shape index (κ2) is 5.28. The van der Waals surface area contributed by atoms with E-state index in [0.717, 1.165) is 0 Å². The highest BCUT2D eigenvalue weighted by molar-refractivity contribution is 5.44. The Bertz CT molecular complexity index is 448. The SMILES string of the molecule is CCCN(CC(F)(F)F)C1COc2cc(O)ccc21. The van der Waals surface area contributed by atoms with Crippen molar-refractivity contribution in [3.05, 3.63) is 23.8 Å². The van der Waals surface area contributed by atoms with E-state index >= 15 is 0 Å². The van der Waals surface area contributed by atoms with E-state index in [4.69, 9.17) is 4.74 Å². The summed E-state index contributed by atoms with van der Waals surface area (Å²) >= 11 is 0. The molecule has 1 aromatic rings. The van der Waals surface area contributed by atoms with Crippen molar-refractivity contribution in [2.75, 3.05) is 19.7 Å². The Labute approximate surface area is 109 Å². The van der Waals surface area contributed by atoms with Gasteiger partial charge in [-0.3, -0.25) is 4.90 Å². The summed E-state index contributed by atoms with van der Waals surface area (Å²) in [6.45, 7) is 1.44. The van der Waals surface area contributed by atoms with E-state index in [2.05, 4.69) is 0 Å². The Balaban J connectivity index is 2.21. The molecule has 0 saturated carbocycles. The van der Waals surface area contributed by atoms with E-state index in [1.165, 1.54) is 17.0 Å². The van der Waals surface area contributed by atoms with Gasteiger partial charge in [-0.25, -0.2) is 0 Å². The van der Waals surface area contributed by atoms with Crippen LogP contribution in [0.25, 0.3) is 0 Å². The van der Waals surface area contributed by atoms with Gasteiger partial charge in [-0.1, -0.05) is 6.92 Å². The Kier molecular flexibility index (Phi) is 3.89. The number of rotatable bonds is 4. The molecule has 1 heterocycles. The van der Waals surface area contributed by atoms with E-state index in [-0.39, 0.29) is 12.4 Å². The summed E-state index contributed by atoms with van der Waals surface area (Å²) in [7, 11) is 0. The van der Waals surface area contributed by atoms with Gasteiger partial charge in [0.2, 0.25) is 0 Å². The predicted octanol–water partition coefficient (Wildman–Crippen LogP) is 3.10. The number of halogens is 3. The zero-order chi connectivity index (χ0) is 14.0. The summed E-state index contributed by atoms with van der Waals surface area (Å²) in [6, 6.07) is 4.13. The smallest absolute Gasteiger partial charge is 0.401 e. The van der Waals surface area contributed by atoms with E-state index in [0.29, 0.717) is 24.3 Å². The van der Waals surface area contributed by atoms with Gasteiger partial charge in [0.25, 0.3) is 0 Å². The molecule has 0 saturated heterocycles. The maximum Gasteiger partial charge on any atom is 0.401 e. The third-order valence-electron chi connectivity index (χ3n) is 3.09. The molecule has 1 N–H and O–H groups in total. The Morgan fingerprint density at radius 1 is 1.42 bits per heavy atom. The standard InChI is InChI=1S/C13H16F3NO2/c1-2-5-17(8-13(14,15)16)11-7-19-12-6-9(18)3-4-10(11)12/h3-4,6,11,18H,2,5,7-8H2,1H3. The number of hydrogen-bond acceptors (Lipinski definition) is 3. The van der Waals surface area contributed by atoms with Crippen LogP contribution >= 0.6 is 0 Å². The first kappa shape index (κ1) is 14.0. The second-order valence-corrected chi connectivity index (χ2v) is 4.63. The molecule has 1 aliphatic rings. The third kappa shape index (κ3) is 3.32. The minimum atomic E-state index is -4.23. The fourth-order valence-electron chi connectivity index (χ4n) is 2.35. The van der Waals surface area contributed by atoms with Crippen LogP contribution in [0.15, 0.2) is 18.2 Å². The molecule has 0 spiro atoms. The van der Waals surface area contributed by atoms with Crippen molar-refractivity contribution in [3.63, 3.8) is 0 Å². The molecule has 1 aliphatic heterocycles. The van der Waals surface area contributed by atoms with Gasteiger partial charge in [-0.15, -0.1) is 0 Å². The van der Waals surface area contributed by atoms with Gasteiger partial charge in [0.15, 0.2) is 0 Å². The zero-order valence-corrected chi connectivity index (χ0v) is 10.6. The average Bonchev–Trinajstić information content (AvgIpc) is 2.69. The van der Waals surface area contributed by atoms with Gasteiger partial charge >= 0.3 is 6.18 Å². The first-order valence-corrected chi connectivity index (χ1v) is 6.17. The van der Waals surface area contributed by atoms with Crippen molar-refractivity contribution < 1.29 is 23.0 Å². The van der Waals surface area contributed by atoms with Crippen molar-refractivity contribution in [1.82, 2.24) is 4.90 Å². The van der Waals surface area contributed by atoms with Gasteiger partial charge in [0.1, 0.15) is 18.1 Å². The maximum absolute atomic E-state index is 12.6. The monoisotopic (exact) mass is 275 g/mol.